The summed E-state index contributed by atoms with van der Waals surface area (Å²) in [5.74, 6) is -0.307. The number of nitrogens with one attached hydrogen (secondary N) is 1. The van der Waals surface area contributed by atoms with Crippen LogP contribution in [0, 0.1) is 11.9 Å². The number of carbonyl (C=O) groups is 1. The van der Waals surface area contributed by atoms with Crippen LogP contribution >= 0.6 is 0 Å². The van der Waals surface area contributed by atoms with Crippen molar-refractivity contribution in [2.24, 2.45) is 5.92 Å². The highest BCUT2D eigenvalue weighted by molar-refractivity contribution is 5.94. The van der Waals surface area contributed by atoms with Crippen molar-refractivity contribution >= 4 is 5.91 Å². The van der Waals surface area contributed by atoms with E-state index in [-0.39, 0.29) is 5.56 Å². The van der Waals surface area contributed by atoms with Crippen LogP contribution in [-0.2, 0) is 0 Å². The van der Waals surface area contributed by atoms with Gasteiger partial charge in [0.2, 0.25) is 5.95 Å². The number of halogens is 1. The molecule has 1 aliphatic rings. The number of nitrogens with zero attached hydrogens (tertiary/aromatic N) is 2. The van der Waals surface area contributed by atoms with Crippen LogP contribution in [0.4, 0.5) is 4.39 Å². The molecule has 0 aliphatic carbocycles. The number of rotatable bonds is 4. The Morgan fingerprint density at radius 2 is 2.26 bits per heavy atom. The molecular weight excluding hydrogens is 245 g/mol. The summed E-state index contributed by atoms with van der Waals surface area (Å²) in [5, 5.41) is 2.74. The molecule has 1 aliphatic heterocycles. The van der Waals surface area contributed by atoms with Crippen molar-refractivity contribution in [1.29, 1.82) is 0 Å². The summed E-state index contributed by atoms with van der Waals surface area (Å²) in [7, 11) is 0. The molecule has 2 heterocycles. The maximum atomic E-state index is 13.3. The standard InChI is InChI=1S/C14H20FN3O/c1-11-4-8-18(9-5-11)10-7-17-14(19)12-3-2-6-16-13(12)15/h2-3,6,11H,4-5,7-10H2,1H3,(H,17,19). The molecule has 1 aromatic rings. The molecule has 0 spiro atoms. The minimum absolute atomic E-state index is 0.00904. The molecule has 2 rings (SSSR count). The summed E-state index contributed by atoms with van der Waals surface area (Å²) in [4.78, 5) is 17.6. The lowest BCUT2D eigenvalue weighted by molar-refractivity contribution is 0.0939. The fourth-order valence-electron chi connectivity index (χ4n) is 2.26. The Hall–Kier alpha value is -1.49. The summed E-state index contributed by atoms with van der Waals surface area (Å²) in [6.45, 7) is 5.79. The molecule has 1 N–H and O–H groups in total. The first-order valence-corrected chi connectivity index (χ1v) is 6.78. The van der Waals surface area contributed by atoms with Crippen molar-refractivity contribution < 1.29 is 9.18 Å². The fourth-order valence-corrected chi connectivity index (χ4v) is 2.26. The molecular formula is C14H20FN3O. The van der Waals surface area contributed by atoms with Crippen LogP contribution in [0.25, 0.3) is 0 Å². The van der Waals surface area contributed by atoms with Crippen molar-refractivity contribution in [3.05, 3.63) is 29.8 Å². The Kier molecular flexibility index (Phi) is 4.85. The lowest BCUT2D eigenvalue weighted by atomic mass is 9.99. The summed E-state index contributed by atoms with van der Waals surface area (Å²) in [5.41, 5.74) is 0.00904. The molecule has 0 radical (unpaired) electrons. The van der Waals surface area contributed by atoms with Gasteiger partial charge in [-0.05, 0) is 44.0 Å². The first-order valence-electron chi connectivity index (χ1n) is 6.78. The predicted octanol–water partition coefficient (Wildman–Crippen LogP) is 1.68. The third-order valence-electron chi connectivity index (χ3n) is 3.59. The smallest absolute Gasteiger partial charge is 0.255 e. The highest BCUT2D eigenvalue weighted by Crippen LogP contribution is 2.15. The van der Waals surface area contributed by atoms with Gasteiger partial charge in [-0.25, -0.2) is 4.98 Å². The number of hydrogen-bond acceptors (Lipinski definition) is 3. The van der Waals surface area contributed by atoms with Crippen molar-refractivity contribution in [3.63, 3.8) is 0 Å². The van der Waals surface area contributed by atoms with E-state index < -0.39 is 11.9 Å². The van der Waals surface area contributed by atoms with Gasteiger partial charge in [0.1, 0.15) is 0 Å². The van der Waals surface area contributed by atoms with E-state index in [2.05, 4.69) is 22.1 Å². The number of pyridine rings is 1. The Morgan fingerprint density at radius 1 is 1.53 bits per heavy atom. The second-order valence-corrected chi connectivity index (χ2v) is 5.12. The number of likely N-dealkylation sites (tertiary alicyclic amines) is 1. The molecule has 104 valence electrons. The van der Waals surface area contributed by atoms with Crippen LogP contribution in [-0.4, -0.2) is 42.0 Å². The van der Waals surface area contributed by atoms with Gasteiger partial charge in [0.25, 0.3) is 5.91 Å². The van der Waals surface area contributed by atoms with Gasteiger partial charge in [-0.1, -0.05) is 6.92 Å². The maximum absolute atomic E-state index is 13.3. The second kappa shape index (κ2) is 6.61. The predicted molar refractivity (Wildman–Crippen MR) is 71.4 cm³/mol. The number of carbonyl (C=O) groups excluding carboxylic acids is 1. The number of aromatic nitrogens is 1. The molecule has 0 atom stereocenters. The first kappa shape index (κ1) is 13.9. The van der Waals surface area contributed by atoms with Gasteiger partial charge in [-0.2, -0.15) is 4.39 Å². The van der Waals surface area contributed by atoms with E-state index in [0.29, 0.717) is 6.54 Å². The van der Waals surface area contributed by atoms with Crippen LogP contribution < -0.4 is 5.32 Å². The van der Waals surface area contributed by atoms with E-state index >= 15 is 0 Å². The van der Waals surface area contributed by atoms with Gasteiger partial charge >= 0.3 is 0 Å². The molecule has 0 bridgehead atoms. The Labute approximate surface area is 113 Å². The van der Waals surface area contributed by atoms with E-state index in [1.54, 1.807) is 6.07 Å². The van der Waals surface area contributed by atoms with E-state index in [4.69, 9.17) is 0 Å². The number of piperidine rings is 1. The summed E-state index contributed by atoms with van der Waals surface area (Å²) >= 11 is 0. The lowest BCUT2D eigenvalue weighted by Crippen LogP contribution is -2.39. The van der Waals surface area contributed by atoms with E-state index in [0.717, 1.165) is 25.6 Å². The molecule has 5 heteroatoms. The van der Waals surface area contributed by atoms with Crippen LogP contribution in [0.5, 0.6) is 0 Å². The molecule has 0 aromatic carbocycles. The molecule has 1 saturated heterocycles. The van der Waals surface area contributed by atoms with E-state index in [1.165, 1.54) is 25.1 Å². The molecule has 4 nitrogen and oxygen atoms in total. The van der Waals surface area contributed by atoms with Crippen LogP contribution in [0.3, 0.4) is 0 Å². The van der Waals surface area contributed by atoms with Crippen LogP contribution in [0.2, 0.25) is 0 Å². The van der Waals surface area contributed by atoms with Gasteiger partial charge in [-0.15, -0.1) is 0 Å². The molecule has 1 aromatic heterocycles. The minimum atomic E-state index is -0.716. The van der Waals surface area contributed by atoms with Crippen molar-refractivity contribution in [2.45, 2.75) is 19.8 Å². The van der Waals surface area contributed by atoms with Crippen LogP contribution in [0.1, 0.15) is 30.1 Å². The monoisotopic (exact) mass is 265 g/mol. The van der Waals surface area contributed by atoms with Crippen LogP contribution in [0.15, 0.2) is 18.3 Å². The fraction of sp³-hybridized carbons (Fsp3) is 0.571. The Morgan fingerprint density at radius 3 is 2.95 bits per heavy atom. The second-order valence-electron chi connectivity index (χ2n) is 5.12. The molecule has 1 amide bonds. The zero-order valence-corrected chi connectivity index (χ0v) is 11.2. The van der Waals surface area contributed by atoms with Gasteiger partial charge in [0, 0.05) is 19.3 Å². The molecule has 1 fully saturated rings. The molecule has 0 saturated carbocycles. The van der Waals surface area contributed by atoms with E-state index in [9.17, 15) is 9.18 Å². The molecule has 19 heavy (non-hydrogen) atoms. The van der Waals surface area contributed by atoms with Gasteiger partial charge in [0.05, 0.1) is 5.56 Å². The third kappa shape index (κ3) is 3.99. The van der Waals surface area contributed by atoms with Crippen molar-refractivity contribution in [3.8, 4) is 0 Å². The zero-order valence-electron chi connectivity index (χ0n) is 11.2. The van der Waals surface area contributed by atoms with Crippen molar-refractivity contribution in [2.75, 3.05) is 26.2 Å². The van der Waals surface area contributed by atoms with Gasteiger partial charge in [0.15, 0.2) is 0 Å². The normalized spacial score (nSPS) is 17.4. The molecule has 0 unspecified atom stereocenters. The summed E-state index contributed by atoms with van der Waals surface area (Å²) in [6, 6.07) is 3.00. The SMILES string of the molecule is CC1CCN(CCNC(=O)c2cccnc2F)CC1. The lowest BCUT2D eigenvalue weighted by Gasteiger charge is -2.30. The minimum Gasteiger partial charge on any atom is -0.351 e. The quantitative estimate of drug-likeness (QED) is 0.843. The highest BCUT2D eigenvalue weighted by Gasteiger charge is 2.16. The van der Waals surface area contributed by atoms with E-state index in [1.807, 2.05) is 0 Å². The first-order chi connectivity index (χ1) is 9.16. The average molecular weight is 265 g/mol. The topological polar surface area (TPSA) is 45.2 Å². The Balaban J connectivity index is 1.74. The average Bonchev–Trinajstić information content (AvgIpc) is 2.41. The number of amides is 1. The summed E-state index contributed by atoms with van der Waals surface area (Å²) < 4.78 is 13.3. The van der Waals surface area contributed by atoms with Crippen molar-refractivity contribution in [1.82, 2.24) is 15.2 Å². The largest absolute Gasteiger partial charge is 0.351 e. The maximum Gasteiger partial charge on any atom is 0.255 e. The highest BCUT2D eigenvalue weighted by atomic mass is 19.1. The third-order valence-corrected chi connectivity index (χ3v) is 3.59. The van der Waals surface area contributed by atoms with Gasteiger partial charge < -0.3 is 10.2 Å². The van der Waals surface area contributed by atoms with Gasteiger partial charge in [-0.3, -0.25) is 4.79 Å². The number of hydrogen-bond donors (Lipinski definition) is 1. The Bertz CT molecular complexity index is 430. The zero-order chi connectivity index (χ0) is 13.7. The summed E-state index contributed by atoms with van der Waals surface area (Å²) in [6.07, 6.45) is 3.76.